The van der Waals surface area contributed by atoms with E-state index in [1.807, 2.05) is 19.1 Å². The maximum Gasteiger partial charge on any atom is 0.259 e. The van der Waals surface area contributed by atoms with Crippen LogP contribution in [0.2, 0.25) is 0 Å². The van der Waals surface area contributed by atoms with Gasteiger partial charge in [-0.1, -0.05) is 6.08 Å². The summed E-state index contributed by atoms with van der Waals surface area (Å²) in [7, 11) is 4.91. The van der Waals surface area contributed by atoms with Crippen molar-refractivity contribution in [2.24, 2.45) is 0 Å². The van der Waals surface area contributed by atoms with E-state index in [0.717, 1.165) is 10.0 Å². The molecule has 7 heteroatoms. The molecule has 29 heavy (non-hydrogen) atoms. The van der Waals surface area contributed by atoms with Gasteiger partial charge in [-0.25, -0.2) is 0 Å². The Morgan fingerprint density at radius 3 is 2.38 bits per heavy atom. The molecule has 154 valence electrons. The van der Waals surface area contributed by atoms with Crippen molar-refractivity contribution < 1.29 is 23.8 Å². The van der Waals surface area contributed by atoms with Crippen molar-refractivity contribution >= 4 is 33.7 Å². The molecular formula is C22H24BrNO5. The standard InChI is InChI=1S/C22H24BrNO5/c1-5-28-20-13-15(12-18(23)22(20)27-4)6-11-19(25)16-7-9-17(10-8-16)29-14-21(26)24(2)3/h6-13H,5,14H2,1-4H3. The number of halogens is 1. The van der Waals surface area contributed by atoms with Gasteiger partial charge in [-0.05, 0) is 70.9 Å². The minimum Gasteiger partial charge on any atom is -0.492 e. The number of hydrogen-bond acceptors (Lipinski definition) is 5. The van der Waals surface area contributed by atoms with Crippen LogP contribution in [0, 0.1) is 0 Å². The number of allylic oxidation sites excluding steroid dienone is 1. The lowest BCUT2D eigenvalue weighted by atomic mass is 10.1. The number of nitrogens with zero attached hydrogens (tertiary/aromatic N) is 1. The van der Waals surface area contributed by atoms with E-state index in [1.165, 1.54) is 11.0 Å². The number of likely N-dealkylation sites (N-methyl/N-ethyl adjacent to an activating group) is 1. The average Bonchev–Trinajstić information content (AvgIpc) is 2.70. The molecular weight excluding hydrogens is 438 g/mol. The lowest BCUT2D eigenvalue weighted by Gasteiger charge is -2.12. The number of hydrogen-bond donors (Lipinski definition) is 0. The highest BCUT2D eigenvalue weighted by Gasteiger charge is 2.11. The molecule has 0 heterocycles. The van der Waals surface area contributed by atoms with Gasteiger partial charge in [0.05, 0.1) is 18.2 Å². The van der Waals surface area contributed by atoms with E-state index in [0.29, 0.717) is 29.4 Å². The molecule has 0 unspecified atom stereocenters. The molecule has 2 rings (SSSR count). The van der Waals surface area contributed by atoms with Crippen molar-refractivity contribution in [3.63, 3.8) is 0 Å². The molecule has 0 fully saturated rings. The van der Waals surface area contributed by atoms with Gasteiger partial charge >= 0.3 is 0 Å². The van der Waals surface area contributed by atoms with Crippen molar-refractivity contribution in [1.82, 2.24) is 4.90 Å². The van der Waals surface area contributed by atoms with Crippen LogP contribution in [0.1, 0.15) is 22.8 Å². The zero-order chi connectivity index (χ0) is 21.4. The zero-order valence-electron chi connectivity index (χ0n) is 16.9. The summed E-state index contributed by atoms with van der Waals surface area (Å²) in [4.78, 5) is 25.5. The van der Waals surface area contributed by atoms with Crippen molar-refractivity contribution in [3.05, 3.63) is 58.1 Å². The Hall–Kier alpha value is -2.80. The monoisotopic (exact) mass is 461 g/mol. The second-order valence-corrected chi connectivity index (χ2v) is 7.12. The minimum atomic E-state index is -0.147. The van der Waals surface area contributed by atoms with Gasteiger partial charge in [0, 0.05) is 19.7 Å². The first-order chi connectivity index (χ1) is 13.8. The number of ether oxygens (including phenoxy) is 3. The summed E-state index contributed by atoms with van der Waals surface area (Å²) in [5.41, 5.74) is 1.32. The van der Waals surface area contributed by atoms with E-state index in [-0.39, 0.29) is 18.3 Å². The summed E-state index contributed by atoms with van der Waals surface area (Å²) in [5.74, 6) is 1.46. The molecule has 6 nitrogen and oxygen atoms in total. The minimum absolute atomic E-state index is 0.0469. The Morgan fingerprint density at radius 2 is 1.79 bits per heavy atom. The van der Waals surface area contributed by atoms with Crippen LogP contribution in [0.25, 0.3) is 6.08 Å². The van der Waals surface area contributed by atoms with Crippen LogP contribution in [-0.2, 0) is 4.79 Å². The number of carbonyl (C=O) groups is 2. The smallest absolute Gasteiger partial charge is 0.259 e. The Balaban J connectivity index is 2.08. The Labute approximate surface area is 179 Å². The normalized spacial score (nSPS) is 10.7. The summed E-state index contributed by atoms with van der Waals surface area (Å²) in [6, 6.07) is 10.3. The van der Waals surface area contributed by atoms with Gasteiger partial charge in [0.2, 0.25) is 0 Å². The van der Waals surface area contributed by atoms with Crippen LogP contribution >= 0.6 is 15.9 Å². The molecule has 0 saturated carbocycles. The van der Waals surface area contributed by atoms with E-state index < -0.39 is 0 Å². The summed E-state index contributed by atoms with van der Waals surface area (Å²) in [5, 5.41) is 0. The van der Waals surface area contributed by atoms with Gasteiger partial charge in [0.15, 0.2) is 23.9 Å². The molecule has 0 N–H and O–H groups in total. The van der Waals surface area contributed by atoms with Crippen LogP contribution in [0.5, 0.6) is 17.2 Å². The molecule has 0 aromatic heterocycles. The Bertz CT molecular complexity index is 891. The van der Waals surface area contributed by atoms with Crippen LogP contribution < -0.4 is 14.2 Å². The number of amides is 1. The summed E-state index contributed by atoms with van der Waals surface area (Å²) < 4.78 is 17.1. The highest BCUT2D eigenvalue weighted by molar-refractivity contribution is 9.10. The van der Waals surface area contributed by atoms with Crippen LogP contribution in [0.3, 0.4) is 0 Å². The Kier molecular flexibility index (Phi) is 8.27. The van der Waals surface area contributed by atoms with Crippen molar-refractivity contribution in [2.45, 2.75) is 6.92 Å². The molecule has 0 saturated heterocycles. The highest BCUT2D eigenvalue weighted by atomic mass is 79.9. The molecule has 1 amide bonds. The fraction of sp³-hybridized carbons (Fsp3) is 0.273. The second kappa shape index (κ2) is 10.7. The number of methoxy groups -OCH3 is 1. The zero-order valence-corrected chi connectivity index (χ0v) is 18.5. The lowest BCUT2D eigenvalue weighted by Crippen LogP contribution is -2.27. The van der Waals surface area contributed by atoms with Gasteiger partial charge in [-0.2, -0.15) is 0 Å². The molecule has 0 atom stereocenters. The average molecular weight is 462 g/mol. The second-order valence-electron chi connectivity index (χ2n) is 6.27. The first kappa shape index (κ1) is 22.5. The predicted molar refractivity (Wildman–Crippen MR) is 116 cm³/mol. The number of rotatable bonds is 9. The SMILES string of the molecule is CCOc1cc(C=CC(=O)c2ccc(OCC(=O)N(C)C)cc2)cc(Br)c1OC. The molecule has 0 spiro atoms. The van der Waals surface area contributed by atoms with E-state index in [4.69, 9.17) is 14.2 Å². The summed E-state index contributed by atoms with van der Waals surface area (Å²) >= 11 is 3.46. The third kappa shape index (κ3) is 6.35. The maximum atomic E-state index is 12.4. The van der Waals surface area contributed by atoms with Gasteiger partial charge in [0.25, 0.3) is 5.91 Å². The molecule has 0 aliphatic carbocycles. The number of carbonyl (C=O) groups excluding carboxylic acids is 2. The van der Waals surface area contributed by atoms with Crippen LogP contribution in [-0.4, -0.2) is 51.0 Å². The Morgan fingerprint density at radius 1 is 1.10 bits per heavy atom. The first-order valence-electron chi connectivity index (χ1n) is 9.01. The maximum absolute atomic E-state index is 12.4. The van der Waals surface area contributed by atoms with Crippen molar-refractivity contribution in [3.8, 4) is 17.2 Å². The number of ketones is 1. The quantitative estimate of drug-likeness (QED) is 0.413. The summed E-state index contributed by atoms with van der Waals surface area (Å²) in [6.45, 7) is 2.35. The topological polar surface area (TPSA) is 65.1 Å². The van der Waals surface area contributed by atoms with E-state index >= 15 is 0 Å². The highest BCUT2D eigenvalue weighted by Crippen LogP contribution is 2.36. The van der Waals surface area contributed by atoms with E-state index in [9.17, 15) is 9.59 Å². The van der Waals surface area contributed by atoms with Crippen molar-refractivity contribution in [1.29, 1.82) is 0 Å². The van der Waals surface area contributed by atoms with Crippen LogP contribution in [0.4, 0.5) is 0 Å². The largest absolute Gasteiger partial charge is 0.492 e. The van der Waals surface area contributed by atoms with Gasteiger partial charge in [0.1, 0.15) is 5.75 Å². The third-order valence-corrected chi connectivity index (χ3v) is 4.55. The van der Waals surface area contributed by atoms with Crippen LogP contribution in [0.15, 0.2) is 46.9 Å². The van der Waals surface area contributed by atoms with Gasteiger partial charge < -0.3 is 19.1 Å². The molecule has 2 aromatic carbocycles. The fourth-order valence-electron chi connectivity index (χ4n) is 2.40. The molecule has 0 bridgehead atoms. The third-order valence-electron chi connectivity index (χ3n) is 3.96. The summed E-state index contributed by atoms with van der Waals surface area (Å²) in [6.07, 6.45) is 3.21. The first-order valence-corrected chi connectivity index (χ1v) is 9.80. The predicted octanol–water partition coefficient (Wildman–Crippen LogP) is 4.22. The number of benzene rings is 2. The van der Waals surface area contributed by atoms with Crippen molar-refractivity contribution in [2.75, 3.05) is 34.4 Å². The van der Waals surface area contributed by atoms with Gasteiger partial charge in [-0.15, -0.1) is 0 Å². The fourth-order valence-corrected chi connectivity index (χ4v) is 3.02. The van der Waals surface area contributed by atoms with Gasteiger partial charge in [-0.3, -0.25) is 9.59 Å². The molecule has 0 aliphatic heterocycles. The van der Waals surface area contributed by atoms with E-state index in [1.54, 1.807) is 51.5 Å². The molecule has 0 aliphatic rings. The lowest BCUT2D eigenvalue weighted by molar-refractivity contribution is -0.130. The van der Waals surface area contributed by atoms with E-state index in [2.05, 4.69) is 15.9 Å². The molecule has 0 radical (unpaired) electrons. The molecule has 2 aromatic rings.